The van der Waals surface area contributed by atoms with Crippen LogP contribution in [0.1, 0.15) is 32.3 Å². The fourth-order valence-electron chi connectivity index (χ4n) is 4.51. The summed E-state index contributed by atoms with van der Waals surface area (Å²) in [5, 5.41) is 9.51. The Labute approximate surface area is 193 Å². The summed E-state index contributed by atoms with van der Waals surface area (Å²) in [6.07, 6.45) is 5.16. The zero-order chi connectivity index (χ0) is 22.7. The average Bonchev–Trinajstić information content (AvgIpc) is 3.22. The molecule has 1 aliphatic rings. The maximum Gasteiger partial charge on any atom is 0.236 e. The van der Waals surface area contributed by atoms with Crippen molar-refractivity contribution in [3.63, 3.8) is 0 Å². The highest BCUT2D eigenvalue weighted by Gasteiger charge is 2.30. The summed E-state index contributed by atoms with van der Waals surface area (Å²) in [4.78, 5) is 25.9. The van der Waals surface area contributed by atoms with Gasteiger partial charge >= 0.3 is 0 Å². The number of carbonyl (C=O) groups excluding carboxylic acids is 1. The third-order valence-corrected chi connectivity index (χ3v) is 6.87. The van der Waals surface area contributed by atoms with E-state index < -0.39 is 0 Å². The number of anilines is 1. The van der Waals surface area contributed by atoms with Gasteiger partial charge in [0.15, 0.2) is 5.65 Å². The highest BCUT2D eigenvalue weighted by Crippen LogP contribution is 2.30. The molecular formula is C23H30ClN7O. The quantitative estimate of drug-likeness (QED) is 0.590. The lowest BCUT2D eigenvalue weighted by Crippen LogP contribution is -2.53. The smallest absolute Gasteiger partial charge is 0.236 e. The molecule has 1 fully saturated rings. The van der Waals surface area contributed by atoms with E-state index in [1.807, 2.05) is 36.2 Å². The van der Waals surface area contributed by atoms with Crippen LogP contribution in [-0.2, 0) is 17.4 Å². The summed E-state index contributed by atoms with van der Waals surface area (Å²) in [5.74, 6) is 1.01. The van der Waals surface area contributed by atoms with E-state index in [1.54, 1.807) is 17.2 Å². The second-order valence-corrected chi connectivity index (χ2v) is 8.66. The van der Waals surface area contributed by atoms with Crippen molar-refractivity contribution < 1.29 is 4.79 Å². The van der Waals surface area contributed by atoms with E-state index in [9.17, 15) is 4.79 Å². The van der Waals surface area contributed by atoms with Crippen LogP contribution in [0.2, 0.25) is 5.02 Å². The van der Waals surface area contributed by atoms with E-state index in [-0.39, 0.29) is 11.4 Å². The Morgan fingerprint density at radius 1 is 1.09 bits per heavy atom. The number of nitrogens with zero attached hydrogens (tertiary/aromatic N) is 6. The van der Waals surface area contributed by atoms with Gasteiger partial charge in [0, 0.05) is 43.8 Å². The second kappa shape index (κ2) is 9.42. The molecule has 1 aromatic carbocycles. The first kappa shape index (κ1) is 22.5. The van der Waals surface area contributed by atoms with Gasteiger partial charge in [-0.25, -0.2) is 9.97 Å². The van der Waals surface area contributed by atoms with E-state index >= 15 is 0 Å². The highest BCUT2D eigenvalue weighted by atomic mass is 35.5. The minimum absolute atomic E-state index is 0.124. The molecule has 32 heavy (non-hydrogen) atoms. The molecule has 0 saturated carbocycles. The lowest BCUT2D eigenvalue weighted by Gasteiger charge is -2.37. The summed E-state index contributed by atoms with van der Waals surface area (Å²) >= 11 is 6.07. The van der Waals surface area contributed by atoms with Gasteiger partial charge in [-0.15, -0.1) is 0 Å². The molecule has 0 aliphatic carbocycles. The third kappa shape index (κ3) is 4.29. The summed E-state index contributed by atoms with van der Waals surface area (Å²) in [6.45, 7) is 7.40. The number of halogens is 1. The first-order valence-corrected chi connectivity index (χ1v) is 11.5. The number of nitrogens with one attached hydrogen (secondary N) is 1. The van der Waals surface area contributed by atoms with Crippen LogP contribution >= 0.6 is 11.6 Å². The summed E-state index contributed by atoms with van der Waals surface area (Å²) < 4.78 is 1.75. The number of benzene rings is 1. The Morgan fingerprint density at radius 2 is 1.78 bits per heavy atom. The van der Waals surface area contributed by atoms with Crippen molar-refractivity contribution in [3.8, 4) is 0 Å². The maximum absolute atomic E-state index is 13.0. The second-order valence-electron chi connectivity index (χ2n) is 8.22. The number of hydrogen-bond acceptors (Lipinski definition) is 6. The largest absolute Gasteiger partial charge is 0.352 e. The molecule has 3 aromatic rings. The lowest BCUT2D eigenvalue weighted by molar-refractivity contribution is -0.131. The lowest BCUT2D eigenvalue weighted by atomic mass is 9.84. The van der Waals surface area contributed by atoms with Crippen molar-refractivity contribution in [2.75, 3.05) is 37.6 Å². The van der Waals surface area contributed by atoms with E-state index in [1.165, 1.54) is 0 Å². The van der Waals surface area contributed by atoms with Crippen LogP contribution in [0.3, 0.4) is 0 Å². The number of carbonyl (C=O) groups is 1. The van der Waals surface area contributed by atoms with E-state index in [0.29, 0.717) is 19.6 Å². The molecule has 8 nitrogen and oxygen atoms in total. The SMILES string of the molecule is CCC(CC)(NCC(=O)N1CCN(c2ncnc3c2cnn3C)CC1)c1ccc(Cl)cc1. The number of hydrogen-bond donors (Lipinski definition) is 1. The topological polar surface area (TPSA) is 79.2 Å². The van der Waals surface area contributed by atoms with Crippen LogP contribution in [0.5, 0.6) is 0 Å². The predicted molar refractivity (Wildman–Crippen MR) is 127 cm³/mol. The normalized spacial score (nSPS) is 14.9. The molecule has 1 amide bonds. The predicted octanol–water partition coefficient (Wildman–Crippen LogP) is 2.97. The number of aromatic nitrogens is 4. The fourth-order valence-corrected chi connectivity index (χ4v) is 4.63. The zero-order valence-corrected chi connectivity index (χ0v) is 19.6. The molecule has 1 N–H and O–H groups in total. The molecule has 3 heterocycles. The van der Waals surface area contributed by atoms with Crippen molar-refractivity contribution in [2.24, 2.45) is 7.05 Å². The molecule has 0 atom stereocenters. The van der Waals surface area contributed by atoms with Gasteiger partial charge in [0.2, 0.25) is 5.91 Å². The Balaban J connectivity index is 1.38. The van der Waals surface area contributed by atoms with Gasteiger partial charge in [0.1, 0.15) is 12.1 Å². The number of aryl methyl sites for hydroxylation is 1. The number of piperazine rings is 1. The molecule has 170 valence electrons. The maximum atomic E-state index is 13.0. The van der Waals surface area contributed by atoms with Crippen LogP contribution in [0.15, 0.2) is 36.8 Å². The number of fused-ring (bicyclic) bond motifs is 1. The van der Waals surface area contributed by atoms with Gasteiger partial charge in [-0.2, -0.15) is 5.10 Å². The summed E-state index contributed by atoms with van der Waals surface area (Å²) in [7, 11) is 1.87. The molecule has 9 heteroatoms. The van der Waals surface area contributed by atoms with Gasteiger partial charge in [-0.1, -0.05) is 37.6 Å². The van der Waals surface area contributed by atoms with Crippen LogP contribution in [0, 0.1) is 0 Å². The highest BCUT2D eigenvalue weighted by molar-refractivity contribution is 6.30. The summed E-state index contributed by atoms with van der Waals surface area (Å²) in [5.41, 5.74) is 1.73. The van der Waals surface area contributed by atoms with Gasteiger partial charge in [-0.3, -0.25) is 14.8 Å². The molecule has 2 aromatic heterocycles. The van der Waals surface area contributed by atoms with Gasteiger partial charge in [-0.05, 0) is 30.5 Å². The zero-order valence-electron chi connectivity index (χ0n) is 18.9. The van der Waals surface area contributed by atoms with Crippen LogP contribution in [0.4, 0.5) is 5.82 Å². The average molecular weight is 456 g/mol. The third-order valence-electron chi connectivity index (χ3n) is 6.62. The van der Waals surface area contributed by atoms with Gasteiger partial charge in [0.25, 0.3) is 0 Å². The molecule has 0 bridgehead atoms. The first-order valence-electron chi connectivity index (χ1n) is 11.1. The Hall–Kier alpha value is -2.71. The molecule has 0 radical (unpaired) electrons. The summed E-state index contributed by atoms with van der Waals surface area (Å²) in [6, 6.07) is 7.91. The monoisotopic (exact) mass is 455 g/mol. The van der Waals surface area contributed by atoms with E-state index in [2.05, 4.69) is 39.1 Å². The molecule has 1 aliphatic heterocycles. The molecule has 0 unspecified atom stereocenters. The number of rotatable bonds is 7. The van der Waals surface area contributed by atoms with Gasteiger partial charge < -0.3 is 9.80 Å². The number of amides is 1. The van der Waals surface area contributed by atoms with Crippen LogP contribution in [0.25, 0.3) is 11.0 Å². The van der Waals surface area contributed by atoms with Crippen molar-refractivity contribution >= 4 is 34.4 Å². The van der Waals surface area contributed by atoms with Crippen molar-refractivity contribution in [1.29, 1.82) is 0 Å². The van der Waals surface area contributed by atoms with Crippen molar-refractivity contribution in [3.05, 3.63) is 47.4 Å². The molecule has 4 rings (SSSR count). The van der Waals surface area contributed by atoms with Crippen molar-refractivity contribution in [1.82, 2.24) is 30.0 Å². The van der Waals surface area contributed by atoms with E-state index in [0.717, 1.165) is 53.4 Å². The van der Waals surface area contributed by atoms with Gasteiger partial charge in [0.05, 0.1) is 18.1 Å². The standard InChI is InChI=1S/C23H30ClN7O/c1-4-23(5-2,17-6-8-18(24)9-7-17)27-15-20(32)30-10-12-31(13-11-30)22-19-14-28-29(3)21(19)25-16-26-22/h6-9,14,16,27H,4-5,10-13,15H2,1-3H3. The Kier molecular flexibility index (Phi) is 6.62. The minimum Gasteiger partial charge on any atom is -0.352 e. The fraction of sp³-hybridized carbons (Fsp3) is 0.478. The molecule has 0 spiro atoms. The van der Waals surface area contributed by atoms with E-state index in [4.69, 9.17) is 11.6 Å². The first-order chi connectivity index (χ1) is 15.5. The van der Waals surface area contributed by atoms with Crippen LogP contribution < -0.4 is 10.2 Å². The van der Waals surface area contributed by atoms with Crippen molar-refractivity contribution in [2.45, 2.75) is 32.2 Å². The Morgan fingerprint density at radius 3 is 2.44 bits per heavy atom. The Bertz CT molecular complexity index is 1070. The molecule has 1 saturated heterocycles. The molecular weight excluding hydrogens is 426 g/mol. The minimum atomic E-state index is -0.241. The van der Waals surface area contributed by atoms with Crippen LogP contribution in [-0.4, -0.2) is 63.3 Å².